The minimum Gasteiger partial charge on any atom is -0.314 e. The van der Waals surface area contributed by atoms with Crippen LogP contribution in [0, 0.1) is 5.41 Å². The van der Waals surface area contributed by atoms with Gasteiger partial charge >= 0.3 is 0 Å². The van der Waals surface area contributed by atoms with E-state index in [4.69, 9.17) is 10.2 Å². The molecule has 0 bridgehead atoms. The predicted octanol–water partition coefficient (Wildman–Crippen LogP) is 2.78. The molecule has 2 heterocycles. The van der Waals surface area contributed by atoms with Crippen LogP contribution in [0.15, 0.2) is 30.3 Å². The van der Waals surface area contributed by atoms with Crippen molar-refractivity contribution in [1.82, 2.24) is 10.0 Å². The van der Waals surface area contributed by atoms with Gasteiger partial charge in [0.2, 0.25) is 0 Å². The molecule has 2 saturated heterocycles. The molecule has 2 aliphatic rings. The summed E-state index contributed by atoms with van der Waals surface area (Å²) in [4.78, 5) is 5.69. The summed E-state index contributed by atoms with van der Waals surface area (Å²) >= 11 is 0. The van der Waals surface area contributed by atoms with E-state index in [-0.39, 0.29) is 0 Å². The molecule has 114 valence electrons. The molecule has 0 amide bonds. The maximum atomic E-state index is 8.19. The van der Waals surface area contributed by atoms with Crippen molar-refractivity contribution in [2.45, 2.75) is 50.7 Å². The predicted molar refractivity (Wildman–Crippen MR) is 87.9 cm³/mol. The number of rotatable bonds is 4. The van der Waals surface area contributed by atoms with Crippen LogP contribution in [0.1, 0.15) is 18.4 Å². The third-order valence-electron chi connectivity index (χ3n) is 4.72. The Labute approximate surface area is 128 Å². The summed E-state index contributed by atoms with van der Waals surface area (Å²) in [5, 5.41) is 8.19. The molecule has 0 radical (unpaired) electrons. The zero-order valence-electron chi connectivity index (χ0n) is 12.9. The Hall–Kier alpha value is -1.01. The van der Waals surface area contributed by atoms with Crippen LogP contribution < -0.4 is 5.48 Å². The number of fused-ring (bicyclic) bond motifs is 1. The zero-order valence-corrected chi connectivity index (χ0v) is 13.9. The van der Waals surface area contributed by atoms with Gasteiger partial charge in [0.15, 0.2) is 0 Å². The smallest absolute Gasteiger partial charge is 0.128 e. The van der Waals surface area contributed by atoms with Crippen molar-refractivity contribution in [2.75, 3.05) is 6.54 Å². The lowest BCUT2D eigenvalue weighted by molar-refractivity contribution is -0.0101. The van der Waals surface area contributed by atoms with Crippen molar-refractivity contribution in [2.24, 2.45) is 0 Å². The van der Waals surface area contributed by atoms with E-state index in [1.54, 1.807) is 0 Å². The second kappa shape index (κ2) is 6.00. The molecule has 2 fully saturated rings. The van der Waals surface area contributed by atoms with Crippen LogP contribution in [0.4, 0.5) is 0 Å². The van der Waals surface area contributed by atoms with E-state index < -0.39 is 8.24 Å². The highest BCUT2D eigenvalue weighted by atomic mass is 28.3. The third kappa shape index (κ3) is 3.26. The van der Waals surface area contributed by atoms with Gasteiger partial charge in [-0.2, -0.15) is 5.48 Å². The van der Waals surface area contributed by atoms with Crippen LogP contribution in [-0.4, -0.2) is 37.1 Å². The van der Waals surface area contributed by atoms with Gasteiger partial charge in [-0.1, -0.05) is 43.4 Å². The summed E-state index contributed by atoms with van der Waals surface area (Å²) in [6.45, 7) is 6.40. The normalized spacial score (nSPS) is 28.6. The van der Waals surface area contributed by atoms with E-state index in [1.165, 1.54) is 5.56 Å². The van der Waals surface area contributed by atoms with Gasteiger partial charge in [-0.05, 0) is 24.4 Å². The molecule has 2 atom stereocenters. The van der Waals surface area contributed by atoms with Crippen LogP contribution in [0.5, 0.6) is 0 Å². The van der Waals surface area contributed by atoms with Gasteiger partial charge in [0, 0.05) is 24.3 Å². The lowest BCUT2D eigenvalue weighted by Gasteiger charge is -2.41. The van der Waals surface area contributed by atoms with Gasteiger partial charge in [-0.3, -0.25) is 4.84 Å². The Kier molecular flexibility index (Phi) is 4.26. The van der Waals surface area contributed by atoms with Crippen molar-refractivity contribution < 1.29 is 4.84 Å². The summed E-state index contributed by atoms with van der Waals surface area (Å²) in [5.74, 6) is 0. The first kappa shape index (κ1) is 14.9. The van der Waals surface area contributed by atoms with E-state index in [0.29, 0.717) is 18.7 Å². The molecule has 0 aliphatic carbocycles. The first-order valence-corrected chi connectivity index (χ1v) is 11.0. The first-order valence-electron chi connectivity index (χ1n) is 7.81. The fraction of sp³-hybridized carbons (Fsp3) is 0.562. The summed E-state index contributed by atoms with van der Waals surface area (Å²) in [6, 6.07) is 12.1. The van der Waals surface area contributed by atoms with E-state index >= 15 is 0 Å². The van der Waals surface area contributed by atoms with Gasteiger partial charge < -0.3 is 9.97 Å². The Morgan fingerprint density at radius 3 is 2.81 bits per heavy atom. The largest absolute Gasteiger partial charge is 0.314 e. The van der Waals surface area contributed by atoms with Gasteiger partial charge in [-0.25, -0.2) is 0 Å². The summed E-state index contributed by atoms with van der Waals surface area (Å²) in [5.41, 5.74) is 5.40. The summed E-state index contributed by atoms with van der Waals surface area (Å²) in [6.07, 6.45) is 2.20. The van der Waals surface area contributed by atoms with Gasteiger partial charge in [-0.15, -0.1) is 0 Å². The molecule has 1 aromatic carbocycles. The van der Waals surface area contributed by atoms with Crippen LogP contribution in [-0.2, 0) is 11.4 Å². The molecule has 5 heteroatoms. The Morgan fingerprint density at radius 1 is 1.29 bits per heavy atom. The quantitative estimate of drug-likeness (QED) is 0.664. The van der Waals surface area contributed by atoms with Crippen molar-refractivity contribution in [1.29, 1.82) is 5.41 Å². The minimum atomic E-state index is -1.40. The molecule has 0 saturated carbocycles. The molecule has 0 spiro atoms. The Bertz CT molecular complexity index is 506. The monoisotopic (exact) mass is 303 g/mol. The number of hydroxylamine groups is 1. The molecular weight excluding hydrogens is 278 g/mol. The van der Waals surface area contributed by atoms with Crippen LogP contribution in [0.2, 0.25) is 19.1 Å². The van der Waals surface area contributed by atoms with Crippen LogP contribution in [0.25, 0.3) is 0 Å². The molecule has 1 aromatic rings. The van der Waals surface area contributed by atoms with Crippen molar-refractivity contribution in [3.05, 3.63) is 35.9 Å². The van der Waals surface area contributed by atoms with Gasteiger partial charge in [0.1, 0.15) is 8.24 Å². The number of nitrogens with one attached hydrogen (secondary N) is 2. The average Bonchev–Trinajstić information content (AvgIpc) is 2.70. The highest BCUT2D eigenvalue weighted by molar-refractivity contribution is 6.79. The Morgan fingerprint density at radius 2 is 2.05 bits per heavy atom. The SMILES string of the molecule is C[Si]1(C)CC(=N)[C@@H]2CC[C@@H](NOCc3ccccc3)CN21. The van der Waals surface area contributed by atoms with Gasteiger partial charge in [0.05, 0.1) is 6.61 Å². The molecule has 2 N–H and O–H groups in total. The topological polar surface area (TPSA) is 48.4 Å². The zero-order chi connectivity index (χ0) is 14.9. The number of nitrogens with zero attached hydrogens (tertiary/aromatic N) is 1. The van der Waals surface area contributed by atoms with Crippen LogP contribution in [0.3, 0.4) is 0 Å². The standard InChI is InChI=1S/C16H25N3OSi/c1-21(2)12-15(17)16-9-8-14(10-19(16)21)18-20-11-13-6-4-3-5-7-13/h3-7,14,16-18H,8-12H2,1-2H3/t14-,16+/m1/s1. The highest BCUT2D eigenvalue weighted by Crippen LogP contribution is 2.34. The second-order valence-corrected chi connectivity index (χ2v) is 11.4. The Balaban J connectivity index is 1.51. The molecule has 4 nitrogen and oxygen atoms in total. The van der Waals surface area contributed by atoms with E-state index in [9.17, 15) is 0 Å². The molecule has 0 aromatic heterocycles. The third-order valence-corrected chi connectivity index (χ3v) is 8.01. The summed E-state index contributed by atoms with van der Waals surface area (Å²) < 4.78 is 2.61. The lowest BCUT2D eigenvalue weighted by atomic mass is 9.98. The average molecular weight is 303 g/mol. The highest BCUT2D eigenvalue weighted by Gasteiger charge is 2.47. The number of hydrogen-bond donors (Lipinski definition) is 2. The van der Waals surface area contributed by atoms with Crippen LogP contribution >= 0.6 is 0 Å². The van der Waals surface area contributed by atoms with Gasteiger partial charge in [0.25, 0.3) is 0 Å². The molecular formula is C16H25N3OSi. The van der Waals surface area contributed by atoms with Crippen molar-refractivity contribution in [3.8, 4) is 0 Å². The fourth-order valence-corrected chi connectivity index (χ4v) is 6.82. The second-order valence-electron chi connectivity index (χ2n) is 6.85. The van der Waals surface area contributed by atoms with Crippen molar-refractivity contribution in [3.63, 3.8) is 0 Å². The number of hydrogen-bond acceptors (Lipinski definition) is 4. The minimum absolute atomic E-state index is 0.391. The van der Waals surface area contributed by atoms with E-state index in [2.05, 4.69) is 35.3 Å². The summed E-state index contributed by atoms with van der Waals surface area (Å²) in [7, 11) is -1.40. The number of piperidine rings is 1. The lowest BCUT2D eigenvalue weighted by Crippen LogP contribution is -2.56. The molecule has 2 aliphatic heterocycles. The molecule has 21 heavy (non-hydrogen) atoms. The maximum absolute atomic E-state index is 8.19. The fourth-order valence-electron chi connectivity index (χ4n) is 3.60. The number of benzene rings is 1. The van der Waals surface area contributed by atoms with E-state index in [1.807, 2.05) is 18.2 Å². The molecule has 0 unspecified atom stereocenters. The first-order chi connectivity index (χ1) is 10.1. The molecule has 3 rings (SSSR count). The maximum Gasteiger partial charge on any atom is 0.128 e. The van der Waals surface area contributed by atoms with Crippen molar-refractivity contribution >= 4 is 13.9 Å². The van der Waals surface area contributed by atoms with E-state index in [0.717, 1.165) is 31.1 Å².